The van der Waals surface area contributed by atoms with E-state index in [0.29, 0.717) is 5.69 Å². The van der Waals surface area contributed by atoms with E-state index in [1.54, 1.807) is 30.3 Å². The van der Waals surface area contributed by atoms with Gasteiger partial charge in [-0.25, -0.2) is 13.8 Å². The van der Waals surface area contributed by atoms with Gasteiger partial charge in [-0.2, -0.15) is 0 Å². The molecule has 6 heteroatoms. The molecule has 2 N–H and O–H groups in total. The molecule has 0 unspecified atom stereocenters. The van der Waals surface area contributed by atoms with Crippen LogP contribution in [0.4, 0.5) is 26.0 Å². The zero-order valence-corrected chi connectivity index (χ0v) is 12.5. The van der Waals surface area contributed by atoms with Crippen LogP contribution in [0.5, 0.6) is 0 Å². The van der Waals surface area contributed by atoms with Crippen molar-refractivity contribution in [2.75, 3.05) is 10.6 Å². The molecule has 1 aromatic heterocycles. The van der Waals surface area contributed by atoms with Gasteiger partial charge in [-0.15, -0.1) is 0 Å². The standard InChI is InChI=1S/C18H13F2N3O/c19-12-5-3-6-13(11-12)22-18(24)14-7-4-10-21-17(14)23-16-9-2-1-8-15(16)20/h1-11H,(H,21,23)(H,22,24). The summed E-state index contributed by atoms with van der Waals surface area (Å²) in [5.41, 5.74) is 0.738. The van der Waals surface area contributed by atoms with Crippen LogP contribution in [0, 0.1) is 11.6 Å². The molecule has 1 heterocycles. The van der Waals surface area contributed by atoms with Crippen molar-refractivity contribution in [1.29, 1.82) is 0 Å². The number of nitrogens with zero attached hydrogens (tertiary/aromatic N) is 1. The molecular weight excluding hydrogens is 312 g/mol. The monoisotopic (exact) mass is 325 g/mol. The fourth-order valence-corrected chi connectivity index (χ4v) is 2.14. The fourth-order valence-electron chi connectivity index (χ4n) is 2.14. The Bertz CT molecular complexity index is 883. The number of carbonyl (C=O) groups excluding carboxylic acids is 1. The molecule has 0 atom stereocenters. The molecule has 0 spiro atoms. The highest BCUT2D eigenvalue weighted by Gasteiger charge is 2.14. The Labute approximate surface area is 137 Å². The van der Waals surface area contributed by atoms with Crippen molar-refractivity contribution in [1.82, 2.24) is 4.98 Å². The van der Waals surface area contributed by atoms with Crippen molar-refractivity contribution < 1.29 is 13.6 Å². The van der Waals surface area contributed by atoms with Crippen LogP contribution < -0.4 is 10.6 Å². The van der Waals surface area contributed by atoms with Gasteiger partial charge in [-0.1, -0.05) is 18.2 Å². The maximum absolute atomic E-state index is 13.8. The molecule has 3 aromatic rings. The summed E-state index contributed by atoms with van der Waals surface area (Å²) in [6.45, 7) is 0. The number of anilines is 3. The summed E-state index contributed by atoms with van der Waals surface area (Å²) in [6.07, 6.45) is 1.49. The van der Waals surface area contributed by atoms with Crippen molar-refractivity contribution in [3.63, 3.8) is 0 Å². The van der Waals surface area contributed by atoms with Crippen molar-refractivity contribution in [2.24, 2.45) is 0 Å². The first-order valence-electron chi connectivity index (χ1n) is 7.17. The molecule has 3 rings (SSSR count). The van der Waals surface area contributed by atoms with Gasteiger partial charge in [-0.05, 0) is 42.5 Å². The van der Waals surface area contributed by atoms with Gasteiger partial charge in [0.1, 0.15) is 17.5 Å². The highest BCUT2D eigenvalue weighted by molar-refractivity contribution is 6.07. The van der Waals surface area contributed by atoms with Gasteiger partial charge in [-0.3, -0.25) is 4.79 Å². The molecule has 0 aliphatic heterocycles. The summed E-state index contributed by atoms with van der Waals surface area (Å²) in [4.78, 5) is 16.5. The smallest absolute Gasteiger partial charge is 0.259 e. The van der Waals surface area contributed by atoms with E-state index in [1.165, 1.54) is 36.5 Å². The molecule has 0 saturated carbocycles. The van der Waals surface area contributed by atoms with Gasteiger partial charge < -0.3 is 10.6 Å². The number of rotatable bonds is 4. The number of benzene rings is 2. The Balaban J connectivity index is 1.86. The predicted molar refractivity (Wildman–Crippen MR) is 88.3 cm³/mol. The second kappa shape index (κ2) is 6.87. The molecule has 0 fully saturated rings. The van der Waals surface area contributed by atoms with E-state index in [-0.39, 0.29) is 17.1 Å². The first kappa shape index (κ1) is 15.6. The van der Waals surface area contributed by atoms with Crippen LogP contribution >= 0.6 is 0 Å². The molecule has 24 heavy (non-hydrogen) atoms. The van der Waals surface area contributed by atoms with Gasteiger partial charge in [0.05, 0.1) is 11.3 Å². The predicted octanol–water partition coefficient (Wildman–Crippen LogP) is 4.36. The number of carbonyl (C=O) groups is 1. The average molecular weight is 325 g/mol. The van der Waals surface area contributed by atoms with Crippen molar-refractivity contribution in [2.45, 2.75) is 0 Å². The normalized spacial score (nSPS) is 10.2. The maximum atomic E-state index is 13.8. The number of nitrogens with one attached hydrogen (secondary N) is 2. The Hall–Kier alpha value is -3.28. The molecule has 4 nitrogen and oxygen atoms in total. The van der Waals surface area contributed by atoms with E-state index in [4.69, 9.17) is 0 Å². The molecule has 0 radical (unpaired) electrons. The van der Waals surface area contributed by atoms with Gasteiger partial charge >= 0.3 is 0 Å². The Morgan fingerprint density at radius 2 is 1.79 bits per heavy atom. The van der Waals surface area contributed by atoms with E-state index < -0.39 is 17.5 Å². The molecule has 2 aromatic carbocycles. The summed E-state index contributed by atoms with van der Waals surface area (Å²) < 4.78 is 27.0. The second-order valence-corrected chi connectivity index (χ2v) is 4.97. The second-order valence-electron chi connectivity index (χ2n) is 4.97. The van der Waals surface area contributed by atoms with Crippen molar-refractivity contribution in [3.8, 4) is 0 Å². The summed E-state index contributed by atoms with van der Waals surface area (Å²) in [5.74, 6) is -1.19. The van der Waals surface area contributed by atoms with Gasteiger partial charge in [0, 0.05) is 11.9 Å². The molecule has 120 valence electrons. The highest BCUT2D eigenvalue weighted by Crippen LogP contribution is 2.22. The number of amides is 1. The highest BCUT2D eigenvalue weighted by atomic mass is 19.1. The number of aromatic nitrogens is 1. The number of para-hydroxylation sites is 1. The summed E-state index contributed by atoms with van der Waals surface area (Å²) in [6, 6.07) is 14.8. The molecule has 0 aliphatic carbocycles. The number of hydrogen-bond donors (Lipinski definition) is 2. The Morgan fingerprint density at radius 1 is 0.958 bits per heavy atom. The Kier molecular flexibility index (Phi) is 4.47. The van der Waals surface area contributed by atoms with E-state index in [0.717, 1.165) is 0 Å². The third-order valence-corrected chi connectivity index (χ3v) is 3.26. The van der Waals surface area contributed by atoms with Crippen LogP contribution in [0.3, 0.4) is 0 Å². The molecular formula is C18H13F2N3O. The lowest BCUT2D eigenvalue weighted by Crippen LogP contribution is -2.15. The Morgan fingerprint density at radius 3 is 2.58 bits per heavy atom. The molecule has 1 amide bonds. The summed E-state index contributed by atoms with van der Waals surface area (Å²) in [7, 11) is 0. The largest absolute Gasteiger partial charge is 0.337 e. The topological polar surface area (TPSA) is 54.0 Å². The molecule has 0 bridgehead atoms. The van der Waals surface area contributed by atoms with Crippen LogP contribution in [-0.4, -0.2) is 10.9 Å². The van der Waals surface area contributed by atoms with E-state index in [9.17, 15) is 13.6 Å². The van der Waals surface area contributed by atoms with Crippen LogP contribution in [0.1, 0.15) is 10.4 Å². The minimum absolute atomic E-state index is 0.205. The first-order valence-corrected chi connectivity index (χ1v) is 7.17. The quantitative estimate of drug-likeness (QED) is 0.749. The lowest BCUT2D eigenvalue weighted by molar-refractivity contribution is 0.102. The fraction of sp³-hybridized carbons (Fsp3) is 0. The van der Waals surface area contributed by atoms with Crippen LogP contribution in [0.15, 0.2) is 66.9 Å². The van der Waals surface area contributed by atoms with Crippen molar-refractivity contribution in [3.05, 3.63) is 84.1 Å². The van der Waals surface area contributed by atoms with Gasteiger partial charge in [0.25, 0.3) is 5.91 Å². The van der Waals surface area contributed by atoms with Crippen LogP contribution in [0.2, 0.25) is 0 Å². The molecule has 0 aliphatic rings. The zero-order chi connectivity index (χ0) is 16.9. The van der Waals surface area contributed by atoms with E-state index in [2.05, 4.69) is 15.6 Å². The third kappa shape index (κ3) is 3.55. The zero-order valence-electron chi connectivity index (χ0n) is 12.5. The van der Waals surface area contributed by atoms with Crippen molar-refractivity contribution >= 4 is 23.1 Å². The number of halogens is 2. The number of pyridine rings is 1. The third-order valence-electron chi connectivity index (χ3n) is 3.26. The maximum Gasteiger partial charge on any atom is 0.259 e. The summed E-state index contributed by atoms with van der Waals surface area (Å²) in [5, 5.41) is 5.38. The minimum Gasteiger partial charge on any atom is -0.337 e. The lowest BCUT2D eigenvalue weighted by atomic mass is 10.2. The first-order chi connectivity index (χ1) is 11.6. The lowest BCUT2D eigenvalue weighted by Gasteiger charge is -2.11. The summed E-state index contributed by atoms with van der Waals surface area (Å²) >= 11 is 0. The van der Waals surface area contributed by atoms with Gasteiger partial charge in [0.2, 0.25) is 0 Å². The molecule has 0 saturated heterocycles. The van der Waals surface area contributed by atoms with Crippen LogP contribution in [0.25, 0.3) is 0 Å². The van der Waals surface area contributed by atoms with Gasteiger partial charge in [0.15, 0.2) is 0 Å². The van der Waals surface area contributed by atoms with E-state index in [1.807, 2.05) is 0 Å². The average Bonchev–Trinajstić information content (AvgIpc) is 2.57. The minimum atomic E-state index is -0.479. The SMILES string of the molecule is O=C(Nc1cccc(F)c1)c1cccnc1Nc1ccccc1F. The number of hydrogen-bond acceptors (Lipinski definition) is 3. The van der Waals surface area contributed by atoms with Crippen LogP contribution in [-0.2, 0) is 0 Å². The van der Waals surface area contributed by atoms with E-state index >= 15 is 0 Å².